The number of hydrogen-bond donors (Lipinski definition) is 1. The van der Waals surface area contributed by atoms with E-state index in [2.05, 4.69) is 48.1 Å². The smallest absolute Gasteiger partial charge is 0.0601 e. The molecule has 0 saturated carbocycles. The van der Waals surface area contributed by atoms with E-state index in [9.17, 15) is 0 Å². The third-order valence-electron chi connectivity index (χ3n) is 2.04. The minimum Gasteiger partial charge on any atom is -0.330 e. The number of nitrogens with zero attached hydrogens (tertiary/aromatic N) is 1. The summed E-state index contributed by atoms with van der Waals surface area (Å²) in [7, 11) is 2.07. The zero-order valence-corrected chi connectivity index (χ0v) is 9.24. The minimum atomic E-state index is 0.648. The average Bonchev–Trinajstić information content (AvgIpc) is 2.26. The molecule has 0 unspecified atom stereocenters. The second kappa shape index (κ2) is 7.05. The molecule has 2 nitrogen and oxygen atoms in total. The van der Waals surface area contributed by atoms with E-state index in [1.165, 1.54) is 5.56 Å². The fourth-order valence-corrected chi connectivity index (χ4v) is 1.30. The van der Waals surface area contributed by atoms with Gasteiger partial charge in [-0.15, -0.1) is 5.92 Å². The first-order valence-electron chi connectivity index (χ1n) is 5.21. The lowest BCUT2D eigenvalue weighted by Crippen LogP contribution is -2.17. The Kier molecular flexibility index (Phi) is 5.54. The first kappa shape index (κ1) is 11.8. The van der Waals surface area contributed by atoms with Gasteiger partial charge in [0, 0.05) is 19.5 Å². The van der Waals surface area contributed by atoms with Crippen LogP contribution < -0.4 is 5.73 Å². The molecular weight excluding hydrogens is 184 g/mol. The number of hydrogen-bond acceptors (Lipinski definition) is 2. The van der Waals surface area contributed by atoms with Gasteiger partial charge in [-0.25, -0.2) is 0 Å². The van der Waals surface area contributed by atoms with Crippen molar-refractivity contribution in [2.45, 2.75) is 13.0 Å². The normalized spacial score (nSPS) is 9.80. The van der Waals surface area contributed by atoms with E-state index in [0.29, 0.717) is 6.54 Å². The molecule has 0 aliphatic carbocycles. The number of nitrogens with two attached hydrogens (primary N) is 1. The fraction of sp³-hybridized carbons (Fsp3) is 0.385. The second-order valence-corrected chi connectivity index (χ2v) is 3.55. The van der Waals surface area contributed by atoms with E-state index in [-0.39, 0.29) is 0 Å². The number of rotatable bonds is 4. The van der Waals surface area contributed by atoms with Crippen LogP contribution in [0, 0.1) is 11.8 Å². The third-order valence-corrected chi connectivity index (χ3v) is 2.04. The molecule has 0 saturated heterocycles. The lowest BCUT2D eigenvalue weighted by Gasteiger charge is -2.12. The summed E-state index contributed by atoms with van der Waals surface area (Å²) >= 11 is 0. The largest absolute Gasteiger partial charge is 0.330 e. The van der Waals surface area contributed by atoms with Crippen molar-refractivity contribution < 1.29 is 0 Å². The highest BCUT2D eigenvalue weighted by molar-refractivity contribution is 5.14. The molecule has 0 aliphatic heterocycles. The molecule has 2 heteroatoms. The van der Waals surface area contributed by atoms with Gasteiger partial charge in [0.25, 0.3) is 0 Å². The highest BCUT2D eigenvalue weighted by Gasteiger charge is 1.96. The summed E-state index contributed by atoms with van der Waals surface area (Å²) in [6, 6.07) is 10.4. The molecule has 1 aromatic carbocycles. The maximum Gasteiger partial charge on any atom is 0.0601 e. The monoisotopic (exact) mass is 202 g/mol. The van der Waals surface area contributed by atoms with Crippen LogP contribution in [-0.2, 0) is 6.54 Å². The molecule has 15 heavy (non-hydrogen) atoms. The van der Waals surface area contributed by atoms with E-state index in [4.69, 9.17) is 5.73 Å². The third kappa shape index (κ3) is 5.21. The Morgan fingerprint density at radius 1 is 1.20 bits per heavy atom. The van der Waals surface area contributed by atoms with Crippen LogP contribution in [-0.4, -0.2) is 25.0 Å². The molecule has 0 amide bonds. The Bertz CT molecular complexity index is 321. The predicted octanol–water partition coefficient (Wildman–Crippen LogP) is 1.47. The van der Waals surface area contributed by atoms with Gasteiger partial charge in [0.05, 0.1) is 6.54 Å². The van der Waals surface area contributed by atoms with Crippen LogP contribution in [0.15, 0.2) is 30.3 Å². The molecule has 80 valence electrons. The molecular formula is C13H18N2. The maximum atomic E-state index is 5.35. The molecule has 0 aliphatic rings. The molecule has 1 aromatic rings. The second-order valence-electron chi connectivity index (χ2n) is 3.55. The van der Waals surface area contributed by atoms with Crippen LogP contribution in [0.3, 0.4) is 0 Å². The van der Waals surface area contributed by atoms with Crippen LogP contribution in [0.25, 0.3) is 0 Å². The van der Waals surface area contributed by atoms with Crippen molar-refractivity contribution in [2.24, 2.45) is 5.73 Å². The summed E-state index contributed by atoms with van der Waals surface area (Å²) in [4.78, 5) is 2.19. The molecule has 0 aromatic heterocycles. The SMILES string of the molecule is CN(CC#CCCN)Cc1ccccc1. The summed E-state index contributed by atoms with van der Waals surface area (Å²) in [5.41, 5.74) is 6.67. The molecule has 0 radical (unpaired) electrons. The van der Waals surface area contributed by atoms with Gasteiger partial charge in [0.1, 0.15) is 0 Å². The zero-order valence-electron chi connectivity index (χ0n) is 9.24. The quantitative estimate of drug-likeness (QED) is 0.749. The summed E-state index contributed by atoms with van der Waals surface area (Å²) in [5, 5.41) is 0. The van der Waals surface area contributed by atoms with Crippen LogP contribution in [0.5, 0.6) is 0 Å². The van der Waals surface area contributed by atoms with Crippen LogP contribution in [0.2, 0.25) is 0 Å². The minimum absolute atomic E-state index is 0.648. The van der Waals surface area contributed by atoms with Crippen molar-refractivity contribution in [3.8, 4) is 11.8 Å². The van der Waals surface area contributed by atoms with Crippen molar-refractivity contribution in [3.05, 3.63) is 35.9 Å². The summed E-state index contributed by atoms with van der Waals surface area (Å²) in [6.07, 6.45) is 0.791. The van der Waals surface area contributed by atoms with Crippen molar-refractivity contribution in [2.75, 3.05) is 20.1 Å². The van der Waals surface area contributed by atoms with Crippen molar-refractivity contribution >= 4 is 0 Å². The highest BCUT2D eigenvalue weighted by Crippen LogP contribution is 2.01. The number of benzene rings is 1. The van der Waals surface area contributed by atoms with Crippen molar-refractivity contribution in [3.63, 3.8) is 0 Å². The van der Waals surface area contributed by atoms with Gasteiger partial charge in [-0.3, -0.25) is 4.90 Å². The highest BCUT2D eigenvalue weighted by atomic mass is 15.1. The fourth-order valence-electron chi connectivity index (χ4n) is 1.30. The molecule has 0 fully saturated rings. The molecule has 0 heterocycles. The van der Waals surface area contributed by atoms with E-state index >= 15 is 0 Å². The van der Waals surface area contributed by atoms with Crippen LogP contribution in [0.1, 0.15) is 12.0 Å². The Hall–Kier alpha value is -1.30. The first-order valence-corrected chi connectivity index (χ1v) is 5.21. The van der Waals surface area contributed by atoms with Crippen molar-refractivity contribution in [1.82, 2.24) is 4.90 Å². The topological polar surface area (TPSA) is 29.3 Å². The Balaban J connectivity index is 2.31. The van der Waals surface area contributed by atoms with E-state index in [0.717, 1.165) is 19.5 Å². The van der Waals surface area contributed by atoms with Gasteiger partial charge < -0.3 is 5.73 Å². The van der Waals surface area contributed by atoms with Gasteiger partial charge in [0.2, 0.25) is 0 Å². The molecule has 0 atom stereocenters. The lowest BCUT2D eigenvalue weighted by atomic mass is 10.2. The molecule has 1 rings (SSSR count). The standard InChI is InChI=1S/C13H18N2/c1-15(11-7-3-6-10-14)12-13-8-4-2-5-9-13/h2,4-5,8-9H,6,10-12,14H2,1H3. The average molecular weight is 202 g/mol. The Morgan fingerprint density at radius 3 is 2.60 bits per heavy atom. The van der Waals surface area contributed by atoms with Crippen LogP contribution in [0.4, 0.5) is 0 Å². The molecule has 0 bridgehead atoms. The molecule has 0 spiro atoms. The van der Waals surface area contributed by atoms with Gasteiger partial charge in [-0.2, -0.15) is 0 Å². The Labute approximate surface area is 92.1 Å². The van der Waals surface area contributed by atoms with E-state index in [1.807, 2.05) is 6.07 Å². The van der Waals surface area contributed by atoms with Gasteiger partial charge in [0.15, 0.2) is 0 Å². The van der Waals surface area contributed by atoms with Gasteiger partial charge in [-0.1, -0.05) is 36.3 Å². The summed E-state index contributed by atoms with van der Waals surface area (Å²) in [5.74, 6) is 6.14. The van der Waals surface area contributed by atoms with Gasteiger partial charge >= 0.3 is 0 Å². The van der Waals surface area contributed by atoms with E-state index in [1.54, 1.807) is 0 Å². The lowest BCUT2D eigenvalue weighted by molar-refractivity contribution is 0.369. The first-order chi connectivity index (χ1) is 7.33. The predicted molar refractivity (Wildman–Crippen MR) is 64.2 cm³/mol. The zero-order chi connectivity index (χ0) is 10.9. The van der Waals surface area contributed by atoms with Crippen molar-refractivity contribution in [1.29, 1.82) is 0 Å². The van der Waals surface area contributed by atoms with Crippen LogP contribution >= 0.6 is 0 Å². The van der Waals surface area contributed by atoms with Gasteiger partial charge in [-0.05, 0) is 12.6 Å². The Morgan fingerprint density at radius 2 is 1.93 bits per heavy atom. The maximum absolute atomic E-state index is 5.35. The summed E-state index contributed by atoms with van der Waals surface area (Å²) < 4.78 is 0. The van der Waals surface area contributed by atoms with E-state index < -0.39 is 0 Å². The molecule has 2 N–H and O–H groups in total. The summed E-state index contributed by atoms with van der Waals surface area (Å²) in [6.45, 7) is 2.39.